The molecule has 1 aliphatic rings. The molecule has 1 aliphatic carbocycles. The highest BCUT2D eigenvalue weighted by molar-refractivity contribution is 7.92. The van der Waals surface area contributed by atoms with Gasteiger partial charge in [0.1, 0.15) is 5.82 Å². The Morgan fingerprint density at radius 1 is 0.939 bits per heavy atom. The molecule has 0 spiro atoms. The molecule has 0 aliphatic heterocycles. The Morgan fingerprint density at radius 2 is 1.73 bits per heavy atom. The summed E-state index contributed by atoms with van der Waals surface area (Å²) in [6, 6.07) is 18.7. The van der Waals surface area contributed by atoms with Crippen molar-refractivity contribution in [2.45, 2.75) is 31.6 Å². The van der Waals surface area contributed by atoms with Crippen LogP contribution in [0, 0.1) is 6.92 Å². The first-order valence-corrected chi connectivity index (χ1v) is 12.4. The monoisotopic (exact) mass is 459 g/mol. The van der Waals surface area contributed by atoms with Gasteiger partial charge in [-0.25, -0.2) is 13.4 Å². The highest BCUT2D eigenvalue weighted by atomic mass is 32.2. The zero-order valence-corrected chi connectivity index (χ0v) is 19.3. The number of sulfonamides is 1. The van der Waals surface area contributed by atoms with Crippen LogP contribution in [0.5, 0.6) is 0 Å². The predicted octanol–water partition coefficient (Wildman–Crippen LogP) is 5.01. The third-order valence-electron chi connectivity index (χ3n) is 5.73. The minimum Gasteiger partial charge on any atom is -0.354 e. The lowest BCUT2D eigenvalue weighted by atomic mass is 10.1. The number of aromatic nitrogens is 2. The van der Waals surface area contributed by atoms with Crippen molar-refractivity contribution in [3.63, 3.8) is 0 Å². The SMILES string of the molecule is CCNc1nc(C)cc(Nc2ccc(NS(=O)(=O)c3ccc4cccc5c4c3CC5)cc2)n1. The van der Waals surface area contributed by atoms with Gasteiger partial charge in [0.05, 0.1) is 4.90 Å². The Balaban J connectivity index is 1.36. The van der Waals surface area contributed by atoms with Crippen LogP contribution in [0.15, 0.2) is 65.6 Å². The third kappa shape index (κ3) is 4.21. The van der Waals surface area contributed by atoms with Crippen LogP contribution in [0.3, 0.4) is 0 Å². The lowest BCUT2D eigenvalue weighted by Crippen LogP contribution is -2.14. The maximum absolute atomic E-state index is 13.2. The first-order valence-electron chi connectivity index (χ1n) is 11.0. The second kappa shape index (κ2) is 8.37. The molecule has 0 fully saturated rings. The Bertz CT molecular complexity index is 1450. The van der Waals surface area contributed by atoms with Crippen LogP contribution >= 0.6 is 0 Å². The number of rotatable bonds is 7. The average molecular weight is 460 g/mol. The molecule has 4 aromatic rings. The van der Waals surface area contributed by atoms with Crippen LogP contribution < -0.4 is 15.4 Å². The number of hydrogen-bond acceptors (Lipinski definition) is 6. The molecule has 3 aromatic carbocycles. The maximum Gasteiger partial charge on any atom is 0.262 e. The van der Waals surface area contributed by atoms with Gasteiger partial charge in [0.15, 0.2) is 0 Å². The van der Waals surface area contributed by atoms with E-state index in [2.05, 4.69) is 31.4 Å². The van der Waals surface area contributed by atoms with Crippen LogP contribution in [0.1, 0.15) is 23.7 Å². The molecule has 7 nitrogen and oxygen atoms in total. The summed E-state index contributed by atoms with van der Waals surface area (Å²) in [5.41, 5.74) is 4.27. The zero-order chi connectivity index (χ0) is 23.0. The number of nitrogens with zero attached hydrogens (tertiary/aromatic N) is 2. The van der Waals surface area contributed by atoms with Gasteiger partial charge in [-0.3, -0.25) is 4.72 Å². The molecule has 5 rings (SSSR count). The normalized spacial score (nSPS) is 12.7. The molecule has 0 atom stereocenters. The molecule has 0 saturated heterocycles. The van der Waals surface area contributed by atoms with E-state index in [-0.39, 0.29) is 0 Å². The van der Waals surface area contributed by atoms with E-state index in [4.69, 9.17) is 0 Å². The second-order valence-electron chi connectivity index (χ2n) is 8.11. The van der Waals surface area contributed by atoms with Gasteiger partial charge in [-0.2, -0.15) is 4.98 Å². The molecule has 0 saturated carbocycles. The fourth-order valence-corrected chi connectivity index (χ4v) is 5.67. The van der Waals surface area contributed by atoms with E-state index in [0.29, 0.717) is 22.3 Å². The van der Waals surface area contributed by atoms with Crippen molar-refractivity contribution in [3.05, 3.63) is 77.5 Å². The number of hydrogen-bond donors (Lipinski definition) is 3. The van der Waals surface area contributed by atoms with Gasteiger partial charge in [-0.1, -0.05) is 24.3 Å². The number of nitrogens with one attached hydrogen (secondary N) is 3. The summed E-state index contributed by atoms with van der Waals surface area (Å²) in [7, 11) is -3.70. The largest absolute Gasteiger partial charge is 0.354 e. The Morgan fingerprint density at radius 3 is 2.52 bits per heavy atom. The molecule has 3 N–H and O–H groups in total. The van der Waals surface area contributed by atoms with Crippen LogP contribution in [0.4, 0.5) is 23.1 Å². The number of anilines is 4. The van der Waals surface area contributed by atoms with Crippen LogP contribution in [-0.2, 0) is 22.9 Å². The summed E-state index contributed by atoms with van der Waals surface area (Å²) in [5.74, 6) is 1.23. The maximum atomic E-state index is 13.2. The molecule has 1 heterocycles. The molecule has 33 heavy (non-hydrogen) atoms. The van der Waals surface area contributed by atoms with Gasteiger partial charge in [0, 0.05) is 29.7 Å². The summed E-state index contributed by atoms with van der Waals surface area (Å²) in [5, 5.41) is 8.52. The van der Waals surface area contributed by atoms with Gasteiger partial charge in [0.2, 0.25) is 5.95 Å². The molecule has 0 unspecified atom stereocenters. The fraction of sp³-hybridized carbons (Fsp3) is 0.200. The van der Waals surface area contributed by atoms with E-state index in [9.17, 15) is 8.42 Å². The van der Waals surface area contributed by atoms with Crippen molar-refractivity contribution in [1.29, 1.82) is 0 Å². The number of benzene rings is 3. The van der Waals surface area contributed by atoms with Crippen molar-refractivity contribution in [2.75, 3.05) is 21.9 Å². The van der Waals surface area contributed by atoms with E-state index in [0.717, 1.165) is 47.1 Å². The minimum absolute atomic E-state index is 0.356. The van der Waals surface area contributed by atoms with Crippen molar-refractivity contribution in [1.82, 2.24) is 9.97 Å². The fourth-order valence-electron chi connectivity index (χ4n) is 4.33. The van der Waals surface area contributed by atoms with Gasteiger partial charge in [-0.15, -0.1) is 0 Å². The Kier molecular flexibility index (Phi) is 5.38. The highest BCUT2D eigenvalue weighted by Crippen LogP contribution is 2.35. The summed E-state index contributed by atoms with van der Waals surface area (Å²) < 4.78 is 29.2. The first-order chi connectivity index (χ1) is 15.9. The minimum atomic E-state index is -3.70. The van der Waals surface area contributed by atoms with Gasteiger partial charge in [0.25, 0.3) is 10.0 Å². The van der Waals surface area contributed by atoms with Crippen molar-refractivity contribution >= 4 is 43.9 Å². The Labute approximate surface area is 193 Å². The molecular formula is C25H25N5O2S. The summed E-state index contributed by atoms with van der Waals surface area (Å²) in [6.45, 7) is 4.63. The van der Waals surface area contributed by atoms with Gasteiger partial charge < -0.3 is 10.6 Å². The van der Waals surface area contributed by atoms with E-state index >= 15 is 0 Å². The average Bonchev–Trinajstić information content (AvgIpc) is 3.21. The van der Waals surface area contributed by atoms with Crippen molar-refractivity contribution in [2.24, 2.45) is 0 Å². The predicted molar refractivity (Wildman–Crippen MR) is 133 cm³/mol. The standard InChI is InChI=1S/C25H25N5O2S/c1-3-26-25-27-16(2)15-23(29-25)28-19-9-11-20(12-10-19)30-33(31,32)22-14-8-18-6-4-5-17-7-13-21(22)24(17)18/h4-6,8-12,14-15,30H,3,7,13H2,1-2H3,(H2,26,27,28,29). The van der Waals surface area contributed by atoms with Crippen LogP contribution in [-0.4, -0.2) is 24.9 Å². The van der Waals surface area contributed by atoms with Gasteiger partial charge >= 0.3 is 0 Å². The van der Waals surface area contributed by atoms with Crippen molar-refractivity contribution in [3.8, 4) is 0 Å². The molecule has 0 amide bonds. The quantitative estimate of drug-likeness (QED) is 0.359. The summed E-state index contributed by atoms with van der Waals surface area (Å²) >= 11 is 0. The lowest BCUT2D eigenvalue weighted by Gasteiger charge is -2.13. The summed E-state index contributed by atoms with van der Waals surface area (Å²) in [6.07, 6.45) is 1.61. The molecule has 8 heteroatoms. The van der Waals surface area contributed by atoms with E-state index in [1.807, 2.05) is 50.2 Å². The topological polar surface area (TPSA) is 96.0 Å². The Hall–Kier alpha value is -3.65. The molecule has 0 radical (unpaired) electrons. The first kappa shape index (κ1) is 21.2. The summed E-state index contributed by atoms with van der Waals surface area (Å²) in [4.78, 5) is 9.15. The number of aryl methyl sites for hydroxylation is 3. The smallest absolute Gasteiger partial charge is 0.262 e. The molecule has 168 valence electrons. The highest BCUT2D eigenvalue weighted by Gasteiger charge is 2.24. The third-order valence-corrected chi connectivity index (χ3v) is 7.19. The van der Waals surface area contributed by atoms with Crippen LogP contribution in [0.25, 0.3) is 10.8 Å². The lowest BCUT2D eigenvalue weighted by molar-refractivity contribution is 0.600. The zero-order valence-electron chi connectivity index (χ0n) is 18.5. The van der Waals surface area contributed by atoms with E-state index in [1.54, 1.807) is 18.2 Å². The second-order valence-corrected chi connectivity index (χ2v) is 9.76. The molecule has 1 aromatic heterocycles. The molecule has 0 bridgehead atoms. The van der Waals surface area contributed by atoms with E-state index in [1.165, 1.54) is 5.56 Å². The van der Waals surface area contributed by atoms with Crippen LogP contribution in [0.2, 0.25) is 0 Å². The molecular weight excluding hydrogens is 434 g/mol. The van der Waals surface area contributed by atoms with E-state index < -0.39 is 10.0 Å². The van der Waals surface area contributed by atoms with Crippen molar-refractivity contribution < 1.29 is 8.42 Å². The van der Waals surface area contributed by atoms with Gasteiger partial charge in [-0.05, 0) is 78.9 Å².